The Morgan fingerprint density at radius 3 is 0.934 bits per heavy atom. The molecule has 1 atom stereocenters. The number of allylic oxidation sites excluding steroid dienone is 8. The number of hydrogen-bond donors (Lipinski definition) is 0. The second-order valence-electron chi connectivity index (χ2n) is 17.4. The zero-order valence-corrected chi connectivity index (χ0v) is 40.4. The molecule has 0 aliphatic carbocycles. The largest absolute Gasteiger partial charge is 0.462 e. The van der Waals surface area contributed by atoms with Crippen molar-refractivity contribution in [1.82, 2.24) is 0 Å². The van der Waals surface area contributed by atoms with Crippen LogP contribution in [0.2, 0.25) is 0 Å². The molecular formula is C55H98O6. The fraction of sp³-hybridized carbons (Fsp3) is 0.800. The summed E-state index contributed by atoms with van der Waals surface area (Å²) in [5.74, 6) is -0.905. The minimum Gasteiger partial charge on any atom is -0.462 e. The van der Waals surface area contributed by atoms with Gasteiger partial charge in [-0.15, -0.1) is 0 Å². The first-order valence-corrected chi connectivity index (χ1v) is 26.1. The van der Waals surface area contributed by atoms with E-state index < -0.39 is 6.10 Å². The zero-order chi connectivity index (χ0) is 44.4. The van der Waals surface area contributed by atoms with Crippen LogP contribution in [0.15, 0.2) is 48.6 Å². The van der Waals surface area contributed by atoms with Gasteiger partial charge in [0, 0.05) is 19.3 Å². The zero-order valence-electron chi connectivity index (χ0n) is 40.4. The number of esters is 3. The van der Waals surface area contributed by atoms with Crippen molar-refractivity contribution in [3.8, 4) is 0 Å². The number of ether oxygens (including phenoxy) is 3. The summed E-state index contributed by atoms with van der Waals surface area (Å²) in [6.45, 7) is 6.54. The highest BCUT2D eigenvalue weighted by Gasteiger charge is 2.19. The van der Waals surface area contributed by atoms with E-state index >= 15 is 0 Å². The van der Waals surface area contributed by atoms with Crippen LogP contribution in [0.1, 0.15) is 265 Å². The van der Waals surface area contributed by atoms with Gasteiger partial charge in [0.1, 0.15) is 13.2 Å². The van der Waals surface area contributed by atoms with E-state index in [1.165, 1.54) is 141 Å². The van der Waals surface area contributed by atoms with Crippen molar-refractivity contribution in [2.75, 3.05) is 13.2 Å². The monoisotopic (exact) mass is 855 g/mol. The van der Waals surface area contributed by atoms with Crippen LogP contribution in [0.3, 0.4) is 0 Å². The Bertz CT molecular complexity index is 1070. The first-order valence-electron chi connectivity index (χ1n) is 26.1. The molecular weight excluding hydrogens is 757 g/mol. The van der Waals surface area contributed by atoms with Gasteiger partial charge < -0.3 is 14.2 Å². The third-order valence-corrected chi connectivity index (χ3v) is 11.3. The summed E-state index contributed by atoms with van der Waals surface area (Å²) in [6, 6.07) is 0. The van der Waals surface area contributed by atoms with E-state index in [-0.39, 0.29) is 31.1 Å². The molecule has 0 aliphatic heterocycles. The maximum atomic E-state index is 12.7. The van der Waals surface area contributed by atoms with Gasteiger partial charge in [-0.1, -0.05) is 211 Å². The predicted molar refractivity (Wildman–Crippen MR) is 261 cm³/mol. The van der Waals surface area contributed by atoms with E-state index in [0.717, 1.165) is 83.5 Å². The van der Waals surface area contributed by atoms with E-state index in [4.69, 9.17) is 14.2 Å². The molecule has 0 aromatic carbocycles. The first kappa shape index (κ1) is 58.4. The van der Waals surface area contributed by atoms with Gasteiger partial charge in [0.25, 0.3) is 0 Å². The summed E-state index contributed by atoms with van der Waals surface area (Å²) in [5, 5.41) is 0. The van der Waals surface area contributed by atoms with Crippen molar-refractivity contribution >= 4 is 17.9 Å². The Kier molecular flexibility index (Phi) is 47.9. The SMILES string of the molecule is CCCCCCC/C=C\C/C=C\C/C=C\CCCCCCCCC(=O)OCC(COC(=O)CCCCCCC)OC(=O)CCCCCCCCC/C=C\CCCCCCCC. The lowest BCUT2D eigenvalue weighted by molar-refractivity contribution is -0.167. The van der Waals surface area contributed by atoms with Crippen LogP contribution in [-0.2, 0) is 28.6 Å². The van der Waals surface area contributed by atoms with Gasteiger partial charge in [-0.25, -0.2) is 0 Å². The maximum absolute atomic E-state index is 12.7. The third-order valence-electron chi connectivity index (χ3n) is 11.3. The Labute approximate surface area is 378 Å². The Morgan fingerprint density at radius 1 is 0.328 bits per heavy atom. The van der Waals surface area contributed by atoms with Crippen LogP contribution in [0.4, 0.5) is 0 Å². The lowest BCUT2D eigenvalue weighted by Crippen LogP contribution is -2.30. The molecule has 0 heterocycles. The second-order valence-corrected chi connectivity index (χ2v) is 17.4. The molecule has 1 unspecified atom stereocenters. The van der Waals surface area contributed by atoms with Crippen LogP contribution < -0.4 is 0 Å². The molecule has 354 valence electrons. The van der Waals surface area contributed by atoms with Gasteiger partial charge in [0.05, 0.1) is 0 Å². The molecule has 0 aromatic heterocycles. The lowest BCUT2D eigenvalue weighted by atomic mass is 10.1. The van der Waals surface area contributed by atoms with Crippen molar-refractivity contribution in [1.29, 1.82) is 0 Å². The van der Waals surface area contributed by atoms with E-state index in [0.29, 0.717) is 19.3 Å². The number of unbranched alkanes of at least 4 members (excludes halogenated alkanes) is 28. The van der Waals surface area contributed by atoms with Crippen molar-refractivity contribution in [2.24, 2.45) is 0 Å². The number of carbonyl (C=O) groups excluding carboxylic acids is 3. The van der Waals surface area contributed by atoms with Gasteiger partial charge in [0.15, 0.2) is 6.10 Å². The molecule has 6 nitrogen and oxygen atoms in total. The molecule has 0 bridgehead atoms. The second kappa shape index (κ2) is 50.0. The van der Waals surface area contributed by atoms with Crippen molar-refractivity contribution in [3.05, 3.63) is 48.6 Å². The van der Waals surface area contributed by atoms with Crippen LogP contribution in [0.5, 0.6) is 0 Å². The average Bonchev–Trinajstić information content (AvgIpc) is 3.26. The van der Waals surface area contributed by atoms with E-state index in [1.54, 1.807) is 0 Å². The molecule has 0 aliphatic rings. The molecule has 61 heavy (non-hydrogen) atoms. The summed E-state index contributed by atoms with van der Waals surface area (Å²) in [7, 11) is 0. The molecule has 0 N–H and O–H groups in total. The molecule has 6 heteroatoms. The maximum Gasteiger partial charge on any atom is 0.306 e. The molecule has 0 spiro atoms. The van der Waals surface area contributed by atoms with Crippen molar-refractivity contribution in [2.45, 2.75) is 271 Å². The quantitative estimate of drug-likeness (QED) is 0.0263. The summed E-state index contributed by atoms with van der Waals surface area (Å²) in [6.07, 6.45) is 59.9. The van der Waals surface area contributed by atoms with Gasteiger partial charge in [-0.3, -0.25) is 14.4 Å². The lowest BCUT2D eigenvalue weighted by Gasteiger charge is -2.18. The Balaban J connectivity index is 4.18. The smallest absolute Gasteiger partial charge is 0.306 e. The molecule has 0 saturated carbocycles. The minimum atomic E-state index is -0.776. The highest BCUT2D eigenvalue weighted by atomic mass is 16.6. The summed E-state index contributed by atoms with van der Waals surface area (Å²) in [4.78, 5) is 37.7. The normalized spacial score (nSPS) is 12.4. The number of hydrogen-bond acceptors (Lipinski definition) is 6. The predicted octanol–water partition coefficient (Wildman–Crippen LogP) is 17.1. The topological polar surface area (TPSA) is 78.9 Å². The summed E-state index contributed by atoms with van der Waals surface area (Å²) < 4.78 is 16.7. The standard InChI is InChI=1S/C55H98O6/c1-4-7-10-13-15-17-19-21-23-25-26-27-28-30-31-33-35-37-39-42-45-48-54(57)60-51-52(50-59-53(56)47-44-41-12-9-6-3)61-55(58)49-46-43-40-38-36-34-32-29-24-22-20-18-16-14-11-8-5-2/h19,21-22,24-26,28,30,52H,4-18,20,23,27,29,31-51H2,1-3H3/b21-19-,24-22-,26-25-,30-28-. The fourth-order valence-electron chi connectivity index (χ4n) is 7.33. The number of rotatable bonds is 47. The van der Waals surface area contributed by atoms with E-state index in [9.17, 15) is 14.4 Å². The van der Waals surface area contributed by atoms with Gasteiger partial charge in [0.2, 0.25) is 0 Å². The van der Waals surface area contributed by atoms with E-state index in [1.807, 2.05) is 0 Å². The summed E-state index contributed by atoms with van der Waals surface area (Å²) >= 11 is 0. The number of carbonyl (C=O) groups is 3. The summed E-state index contributed by atoms with van der Waals surface area (Å²) in [5.41, 5.74) is 0. The first-order chi connectivity index (χ1) is 30.0. The average molecular weight is 855 g/mol. The molecule has 0 aromatic rings. The van der Waals surface area contributed by atoms with Crippen LogP contribution in [-0.4, -0.2) is 37.2 Å². The highest BCUT2D eigenvalue weighted by Crippen LogP contribution is 2.14. The molecule has 0 radical (unpaired) electrons. The van der Waals surface area contributed by atoms with Crippen LogP contribution in [0.25, 0.3) is 0 Å². The third kappa shape index (κ3) is 48.3. The van der Waals surface area contributed by atoms with Gasteiger partial charge >= 0.3 is 17.9 Å². The van der Waals surface area contributed by atoms with Crippen LogP contribution >= 0.6 is 0 Å². The highest BCUT2D eigenvalue weighted by molar-refractivity contribution is 5.71. The van der Waals surface area contributed by atoms with Crippen LogP contribution in [0, 0.1) is 0 Å². The molecule has 0 saturated heterocycles. The fourth-order valence-corrected chi connectivity index (χ4v) is 7.33. The molecule has 0 rings (SSSR count). The molecule has 0 fully saturated rings. The van der Waals surface area contributed by atoms with Gasteiger partial charge in [-0.2, -0.15) is 0 Å². The minimum absolute atomic E-state index is 0.0795. The Morgan fingerprint density at radius 2 is 0.590 bits per heavy atom. The van der Waals surface area contributed by atoms with Crippen molar-refractivity contribution < 1.29 is 28.6 Å². The molecule has 0 amide bonds. The Hall–Kier alpha value is -2.63. The van der Waals surface area contributed by atoms with E-state index in [2.05, 4.69) is 69.4 Å². The van der Waals surface area contributed by atoms with Gasteiger partial charge in [-0.05, 0) is 83.5 Å². The van der Waals surface area contributed by atoms with Crippen molar-refractivity contribution in [3.63, 3.8) is 0 Å².